The summed E-state index contributed by atoms with van der Waals surface area (Å²) < 4.78 is 0. The van der Waals surface area contributed by atoms with Gasteiger partial charge in [-0.15, -0.1) is 0 Å². The Morgan fingerprint density at radius 1 is 0.619 bits per heavy atom. The molecule has 0 aliphatic carbocycles. The lowest BCUT2D eigenvalue weighted by Gasteiger charge is -2.03. The molecule has 0 aliphatic heterocycles. The zero-order valence-electron chi connectivity index (χ0n) is 14.8. The van der Waals surface area contributed by atoms with Crippen LogP contribution in [0.4, 0.5) is 0 Å². The molecular weight excluding hydrogens is 258 g/mol. The maximum Gasteiger partial charge on any atom is 0.331 e. The topological polar surface area (TPSA) is 34.2 Å². The molecule has 0 unspecified atom stereocenters. The molecule has 2 N–H and O–H groups in total. The predicted molar refractivity (Wildman–Crippen MR) is 94.1 cm³/mol. The van der Waals surface area contributed by atoms with Crippen molar-refractivity contribution in [3.63, 3.8) is 0 Å². The lowest BCUT2D eigenvalue weighted by Crippen LogP contribution is -2.67. The van der Waals surface area contributed by atoms with Crippen LogP contribution in [0.25, 0.3) is 0 Å². The summed E-state index contributed by atoms with van der Waals surface area (Å²) >= 11 is 0. The van der Waals surface area contributed by atoms with E-state index in [1.165, 1.54) is 89.9 Å². The van der Waals surface area contributed by atoms with E-state index < -0.39 is 0 Å². The van der Waals surface area contributed by atoms with Crippen LogP contribution in [-0.4, -0.2) is 18.1 Å². The summed E-state index contributed by atoms with van der Waals surface area (Å²) in [7, 11) is 1.78. The van der Waals surface area contributed by atoms with Crippen LogP contribution in [0, 0.1) is 0 Å². The Labute approximate surface area is 133 Å². The molecule has 0 heterocycles. The van der Waals surface area contributed by atoms with E-state index in [4.69, 9.17) is 0 Å². The van der Waals surface area contributed by atoms with Crippen LogP contribution in [0.2, 0.25) is 0 Å². The normalized spacial score (nSPS) is 12.0. The minimum atomic E-state index is 0.435. The first-order valence-electron chi connectivity index (χ1n) is 9.53. The molecule has 2 nitrogen and oxygen atoms in total. The predicted octanol–water partition coefficient (Wildman–Crippen LogP) is 4.91. The Morgan fingerprint density at radius 2 is 0.952 bits per heavy atom. The molecule has 0 saturated heterocycles. The molecule has 0 radical (unpaired) electrons. The molecule has 0 rings (SSSR count). The van der Waals surface area contributed by atoms with Gasteiger partial charge >= 0.3 is 5.90 Å². The fourth-order valence-corrected chi connectivity index (χ4v) is 2.79. The maximum atomic E-state index is 9.27. The van der Waals surface area contributed by atoms with Crippen LogP contribution in [0.15, 0.2) is 0 Å². The highest BCUT2D eigenvalue weighted by Crippen LogP contribution is 2.13. The van der Waals surface area contributed by atoms with Crippen molar-refractivity contribution >= 4 is 5.90 Å². The van der Waals surface area contributed by atoms with Crippen molar-refractivity contribution in [3.8, 4) is 0 Å². The fourth-order valence-electron chi connectivity index (χ4n) is 2.79. The third-order valence-electron chi connectivity index (χ3n) is 4.31. The van der Waals surface area contributed by atoms with Crippen LogP contribution in [0.1, 0.15) is 110 Å². The Hall–Kier alpha value is -0.530. The second-order valence-electron chi connectivity index (χ2n) is 6.40. The summed E-state index contributed by atoms with van der Waals surface area (Å²) in [5.74, 6) is 0.435. The fraction of sp³-hybridized carbons (Fsp3) is 0.947. The number of hydrogen-bond donors (Lipinski definition) is 2. The Morgan fingerprint density at radius 3 is 1.29 bits per heavy atom. The minimum Gasteiger partial charge on any atom is -0.464 e. The van der Waals surface area contributed by atoms with Crippen LogP contribution >= 0.6 is 0 Å². The Balaban J connectivity index is 2.99. The van der Waals surface area contributed by atoms with Crippen molar-refractivity contribution in [2.75, 3.05) is 7.05 Å². The van der Waals surface area contributed by atoms with Crippen LogP contribution in [-0.2, 0) is 0 Å². The zero-order chi connectivity index (χ0) is 15.6. The third-order valence-corrected chi connectivity index (χ3v) is 4.31. The Kier molecular flexibility index (Phi) is 17.1. The largest absolute Gasteiger partial charge is 0.464 e. The molecule has 0 fully saturated rings. The first-order chi connectivity index (χ1) is 10.3. The van der Waals surface area contributed by atoms with Gasteiger partial charge in [-0.25, -0.2) is 4.99 Å². The van der Waals surface area contributed by atoms with Crippen molar-refractivity contribution in [3.05, 3.63) is 0 Å². The van der Waals surface area contributed by atoms with Crippen molar-refractivity contribution in [2.45, 2.75) is 110 Å². The number of aliphatic hydroxyl groups is 1. The molecule has 0 amide bonds. The lowest BCUT2D eigenvalue weighted by molar-refractivity contribution is -0.431. The summed E-state index contributed by atoms with van der Waals surface area (Å²) in [6, 6.07) is 0. The molecular formula is C19H40NO+. The van der Waals surface area contributed by atoms with E-state index in [1.807, 2.05) is 0 Å². The standard InChI is InChI=1S/C19H39NO/c1-3-4-5-6-7-8-9-10-11-12-13-14-15-16-17-18-19(21)20-2/h3-18H2,1-2H3,(H,20,21)/p+1. The van der Waals surface area contributed by atoms with E-state index in [2.05, 4.69) is 11.9 Å². The van der Waals surface area contributed by atoms with E-state index in [1.54, 1.807) is 7.05 Å². The van der Waals surface area contributed by atoms with Crippen molar-refractivity contribution < 1.29 is 10.1 Å². The molecule has 0 aromatic carbocycles. The minimum absolute atomic E-state index is 0.435. The molecule has 0 aromatic heterocycles. The first-order valence-corrected chi connectivity index (χ1v) is 9.53. The number of rotatable bonds is 16. The van der Waals surface area contributed by atoms with Gasteiger partial charge in [-0.05, 0) is 6.42 Å². The molecule has 126 valence electrons. The number of aliphatic hydroxyl groups excluding tert-OH is 1. The van der Waals surface area contributed by atoms with Gasteiger partial charge < -0.3 is 5.11 Å². The van der Waals surface area contributed by atoms with Crippen LogP contribution in [0.5, 0.6) is 0 Å². The van der Waals surface area contributed by atoms with Gasteiger partial charge in [0, 0.05) is 0 Å². The van der Waals surface area contributed by atoms with E-state index in [0.717, 1.165) is 12.8 Å². The SMILES string of the molecule is CCCCCCCCCCCCCCCCCC(O)=[NH+]C. The first kappa shape index (κ1) is 20.5. The van der Waals surface area contributed by atoms with Gasteiger partial charge in [0.05, 0.1) is 6.42 Å². The van der Waals surface area contributed by atoms with E-state index in [0.29, 0.717) is 5.90 Å². The molecule has 0 spiro atoms. The van der Waals surface area contributed by atoms with Gasteiger partial charge in [-0.3, -0.25) is 0 Å². The number of hydrogen-bond acceptors (Lipinski definition) is 0. The van der Waals surface area contributed by atoms with Crippen molar-refractivity contribution in [1.82, 2.24) is 0 Å². The highest BCUT2D eigenvalue weighted by Gasteiger charge is 1.99. The Bertz CT molecular complexity index is 226. The van der Waals surface area contributed by atoms with Gasteiger partial charge in [0.1, 0.15) is 7.05 Å². The average Bonchev–Trinajstić information content (AvgIpc) is 2.50. The maximum absolute atomic E-state index is 9.27. The van der Waals surface area contributed by atoms with Gasteiger partial charge in [0.25, 0.3) is 0 Å². The van der Waals surface area contributed by atoms with Gasteiger partial charge in [-0.2, -0.15) is 0 Å². The smallest absolute Gasteiger partial charge is 0.331 e. The van der Waals surface area contributed by atoms with Crippen molar-refractivity contribution in [2.24, 2.45) is 0 Å². The monoisotopic (exact) mass is 298 g/mol. The molecule has 21 heavy (non-hydrogen) atoms. The lowest BCUT2D eigenvalue weighted by atomic mass is 10.0. The average molecular weight is 299 g/mol. The summed E-state index contributed by atoms with van der Waals surface area (Å²) in [5.41, 5.74) is 0. The van der Waals surface area contributed by atoms with Crippen LogP contribution < -0.4 is 4.99 Å². The second-order valence-corrected chi connectivity index (χ2v) is 6.40. The van der Waals surface area contributed by atoms with E-state index >= 15 is 0 Å². The molecule has 0 saturated carbocycles. The highest BCUT2D eigenvalue weighted by molar-refractivity contribution is 5.67. The van der Waals surface area contributed by atoms with Crippen molar-refractivity contribution in [1.29, 1.82) is 0 Å². The quantitative estimate of drug-likeness (QED) is 0.237. The van der Waals surface area contributed by atoms with Gasteiger partial charge in [0.15, 0.2) is 0 Å². The molecule has 2 heteroatoms. The van der Waals surface area contributed by atoms with Crippen LogP contribution in [0.3, 0.4) is 0 Å². The van der Waals surface area contributed by atoms with Gasteiger partial charge in [0.2, 0.25) is 0 Å². The number of unbranched alkanes of at least 4 members (excludes halogenated alkanes) is 14. The zero-order valence-corrected chi connectivity index (χ0v) is 14.8. The second kappa shape index (κ2) is 17.5. The number of nitrogens with one attached hydrogen (secondary N) is 1. The summed E-state index contributed by atoms with van der Waals surface area (Å²) in [6.45, 7) is 2.28. The molecule has 0 atom stereocenters. The van der Waals surface area contributed by atoms with E-state index in [9.17, 15) is 5.11 Å². The molecule has 0 bridgehead atoms. The van der Waals surface area contributed by atoms with E-state index in [-0.39, 0.29) is 0 Å². The molecule has 0 aromatic rings. The molecule has 0 aliphatic rings. The highest BCUT2D eigenvalue weighted by atomic mass is 16.3. The summed E-state index contributed by atoms with van der Waals surface area (Å²) in [6.07, 6.45) is 21.6. The third kappa shape index (κ3) is 17.4. The summed E-state index contributed by atoms with van der Waals surface area (Å²) in [5, 5.41) is 9.27. The summed E-state index contributed by atoms with van der Waals surface area (Å²) in [4.78, 5) is 2.79. The van der Waals surface area contributed by atoms with Gasteiger partial charge in [-0.1, -0.05) is 96.8 Å².